The van der Waals surface area contributed by atoms with Gasteiger partial charge in [0.25, 0.3) is 0 Å². The van der Waals surface area contributed by atoms with Crippen LogP contribution in [0.3, 0.4) is 0 Å². The summed E-state index contributed by atoms with van der Waals surface area (Å²) in [6.07, 6.45) is 6.78. The third kappa shape index (κ3) is 4.90. The van der Waals surface area contributed by atoms with Crippen molar-refractivity contribution in [1.29, 1.82) is 5.26 Å². The topological polar surface area (TPSA) is 94.9 Å². The van der Waals surface area contributed by atoms with Crippen molar-refractivity contribution in [3.05, 3.63) is 60.2 Å². The molecular weight excluding hydrogens is 427 g/mol. The number of pyridine rings is 1. The van der Waals surface area contributed by atoms with Crippen LogP contribution in [0.25, 0.3) is 21.9 Å². The number of nitriles is 1. The van der Waals surface area contributed by atoms with E-state index in [9.17, 15) is 18.1 Å². The lowest BCUT2D eigenvalue weighted by Gasteiger charge is -2.30. The molecule has 0 unspecified atom stereocenters. The second-order valence-corrected chi connectivity index (χ2v) is 10.2. The van der Waals surface area contributed by atoms with E-state index in [1.807, 2.05) is 30.5 Å². The molecule has 0 aliphatic heterocycles. The van der Waals surface area contributed by atoms with Crippen molar-refractivity contribution in [3.63, 3.8) is 0 Å². The minimum atomic E-state index is -3.20. The highest BCUT2D eigenvalue weighted by molar-refractivity contribution is 7.89. The Bertz CT molecular complexity index is 1280. The van der Waals surface area contributed by atoms with Crippen LogP contribution in [0, 0.1) is 17.1 Å². The van der Waals surface area contributed by atoms with Gasteiger partial charge in [-0.15, -0.1) is 0 Å². The minimum absolute atomic E-state index is 0.0136. The van der Waals surface area contributed by atoms with Crippen LogP contribution in [0.2, 0.25) is 0 Å². The quantitative estimate of drug-likeness (QED) is 0.571. The number of halogens is 1. The first kappa shape index (κ1) is 22.2. The predicted octanol–water partition coefficient (Wildman–Crippen LogP) is 4.57. The van der Waals surface area contributed by atoms with Gasteiger partial charge in [-0.2, -0.15) is 5.26 Å². The van der Waals surface area contributed by atoms with Gasteiger partial charge in [-0.25, -0.2) is 17.5 Å². The summed E-state index contributed by atoms with van der Waals surface area (Å²) in [6.45, 7) is 1.64. The van der Waals surface area contributed by atoms with Gasteiger partial charge in [0.1, 0.15) is 11.9 Å². The molecule has 166 valence electrons. The molecule has 1 heterocycles. The Morgan fingerprint density at radius 1 is 1.09 bits per heavy atom. The Labute approximate surface area is 187 Å². The van der Waals surface area contributed by atoms with Crippen LogP contribution in [0.15, 0.2) is 48.8 Å². The van der Waals surface area contributed by atoms with Gasteiger partial charge in [0, 0.05) is 35.6 Å². The predicted molar refractivity (Wildman–Crippen MR) is 124 cm³/mol. The van der Waals surface area contributed by atoms with Crippen LogP contribution in [0.1, 0.15) is 38.2 Å². The van der Waals surface area contributed by atoms with Crippen LogP contribution in [0.4, 0.5) is 10.1 Å². The van der Waals surface area contributed by atoms with Crippen molar-refractivity contribution < 1.29 is 12.8 Å². The summed E-state index contributed by atoms with van der Waals surface area (Å²) in [5, 5.41) is 14.8. The van der Waals surface area contributed by atoms with Gasteiger partial charge in [0.15, 0.2) is 0 Å². The molecule has 2 N–H and O–H groups in total. The van der Waals surface area contributed by atoms with E-state index in [2.05, 4.69) is 15.0 Å². The molecule has 1 aromatic heterocycles. The first-order valence-electron chi connectivity index (χ1n) is 10.7. The third-order valence-electron chi connectivity index (χ3n) is 5.99. The zero-order valence-corrected chi connectivity index (χ0v) is 18.6. The molecule has 2 aromatic carbocycles. The zero-order chi connectivity index (χ0) is 22.7. The van der Waals surface area contributed by atoms with Gasteiger partial charge in [-0.1, -0.05) is 6.07 Å². The van der Waals surface area contributed by atoms with Crippen molar-refractivity contribution >= 4 is 26.5 Å². The fraction of sp³-hybridized carbons (Fsp3) is 0.333. The molecule has 0 atom stereocenters. The fourth-order valence-electron chi connectivity index (χ4n) is 4.19. The maximum atomic E-state index is 13.8. The van der Waals surface area contributed by atoms with Gasteiger partial charge in [0.05, 0.1) is 11.3 Å². The van der Waals surface area contributed by atoms with Crippen LogP contribution in [0.5, 0.6) is 0 Å². The van der Waals surface area contributed by atoms with Crippen molar-refractivity contribution in [1.82, 2.24) is 9.71 Å². The maximum Gasteiger partial charge on any atom is 0.211 e. The Morgan fingerprint density at radius 2 is 1.84 bits per heavy atom. The van der Waals surface area contributed by atoms with E-state index in [0.29, 0.717) is 0 Å². The summed E-state index contributed by atoms with van der Waals surface area (Å²) in [4.78, 5) is 4.26. The van der Waals surface area contributed by atoms with E-state index in [1.165, 1.54) is 6.07 Å². The number of fused-ring (bicyclic) bond motifs is 1. The van der Waals surface area contributed by atoms with Crippen molar-refractivity contribution in [2.24, 2.45) is 0 Å². The summed E-state index contributed by atoms with van der Waals surface area (Å²) in [5.74, 6) is -0.441. The van der Waals surface area contributed by atoms with Gasteiger partial charge < -0.3 is 5.32 Å². The first-order valence-corrected chi connectivity index (χ1v) is 12.4. The van der Waals surface area contributed by atoms with E-state index < -0.39 is 15.8 Å². The molecule has 3 aromatic rings. The summed E-state index contributed by atoms with van der Waals surface area (Å²) in [6, 6.07) is 12.6. The monoisotopic (exact) mass is 452 g/mol. The van der Waals surface area contributed by atoms with E-state index in [4.69, 9.17) is 0 Å². The Balaban J connectivity index is 1.59. The third-order valence-corrected chi connectivity index (χ3v) is 7.44. The first-order chi connectivity index (χ1) is 15.4. The maximum absolute atomic E-state index is 13.8. The molecule has 1 saturated carbocycles. The average Bonchev–Trinajstić information content (AvgIpc) is 2.80. The molecule has 1 aliphatic carbocycles. The summed E-state index contributed by atoms with van der Waals surface area (Å²) in [7, 11) is -3.20. The lowest BCUT2D eigenvalue weighted by molar-refractivity contribution is 0.387. The summed E-state index contributed by atoms with van der Waals surface area (Å²) in [5.41, 5.74) is 2.58. The molecule has 0 bridgehead atoms. The summed E-state index contributed by atoms with van der Waals surface area (Å²) < 4.78 is 40.3. The number of benzene rings is 2. The molecule has 6 nitrogen and oxygen atoms in total. The Kier molecular flexibility index (Phi) is 6.40. The lowest BCUT2D eigenvalue weighted by atomic mass is 9.91. The molecule has 0 saturated heterocycles. The molecule has 0 spiro atoms. The molecule has 0 radical (unpaired) electrons. The number of anilines is 1. The molecular formula is C24H25FN4O2S. The van der Waals surface area contributed by atoms with Crippen LogP contribution >= 0.6 is 0 Å². The lowest BCUT2D eigenvalue weighted by Crippen LogP contribution is -2.40. The smallest absolute Gasteiger partial charge is 0.211 e. The van der Waals surface area contributed by atoms with Crippen LogP contribution < -0.4 is 10.0 Å². The number of aromatic nitrogens is 1. The minimum Gasteiger partial charge on any atom is -0.382 e. The van der Waals surface area contributed by atoms with Gasteiger partial charge in [-0.3, -0.25) is 4.98 Å². The zero-order valence-electron chi connectivity index (χ0n) is 17.8. The van der Waals surface area contributed by atoms with E-state index in [1.54, 1.807) is 25.3 Å². The average molecular weight is 453 g/mol. The highest BCUT2D eigenvalue weighted by atomic mass is 32.2. The molecule has 32 heavy (non-hydrogen) atoms. The van der Waals surface area contributed by atoms with Crippen LogP contribution in [-0.2, 0) is 10.0 Å². The largest absolute Gasteiger partial charge is 0.382 e. The fourth-order valence-corrected chi connectivity index (χ4v) is 5.10. The van der Waals surface area contributed by atoms with Crippen molar-refractivity contribution in [3.8, 4) is 17.2 Å². The number of rotatable bonds is 6. The van der Waals surface area contributed by atoms with Gasteiger partial charge in [0.2, 0.25) is 10.0 Å². The highest BCUT2D eigenvalue weighted by Crippen LogP contribution is 2.33. The van der Waals surface area contributed by atoms with E-state index >= 15 is 0 Å². The second-order valence-electron chi connectivity index (χ2n) is 8.14. The van der Waals surface area contributed by atoms with E-state index in [0.717, 1.165) is 53.3 Å². The summed E-state index contributed by atoms with van der Waals surface area (Å²) >= 11 is 0. The molecule has 0 amide bonds. The molecule has 1 aliphatic rings. The van der Waals surface area contributed by atoms with Crippen molar-refractivity contribution in [2.45, 2.75) is 44.7 Å². The molecule has 8 heteroatoms. The van der Waals surface area contributed by atoms with Gasteiger partial charge in [-0.05, 0) is 79.5 Å². The number of sulfonamides is 1. The van der Waals surface area contributed by atoms with Crippen LogP contribution in [-0.4, -0.2) is 31.2 Å². The molecule has 1 fully saturated rings. The standard InChI is InChI=1S/C24H25FN4O2S/c1-2-32(30,31)29-21-6-4-20(5-7-21)28-24-13-18(12-17-9-10-27-15-22(17)24)16-3-8-23(25)19(11-16)14-26/h3,8-13,15,20-21,28-29H,2,4-7H2,1H3/t20-,21+. The van der Waals surface area contributed by atoms with Gasteiger partial charge >= 0.3 is 0 Å². The highest BCUT2D eigenvalue weighted by Gasteiger charge is 2.24. The SMILES string of the molecule is CCS(=O)(=O)N[C@H]1CC[C@@H](Nc2cc(-c3ccc(F)c(C#N)c3)cc3ccncc23)CC1. The number of nitrogens with one attached hydrogen (secondary N) is 2. The Morgan fingerprint density at radius 3 is 2.56 bits per heavy atom. The van der Waals surface area contributed by atoms with E-state index in [-0.39, 0.29) is 23.4 Å². The van der Waals surface area contributed by atoms with Crippen molar-refractivity contribution in [2.75, 3.05) is 11.1 Å². The molecule has 4 rings (SSSR count). The number of hydrogen-bond donors (Lipinski definition) is 2. The normalized spacial score (nSPS) is 18.9. The number of hydrogen-bond acceptors (Lipinski definition) is 5. The second kappa shape index (κ2) is 9.23. The number of nitrogens with zero attached hydrogens (tertiary/aromatic N) is 2. The Hall–Kier alpha value is -3.02.